The van der Waals surface area contributed by atoms with E-state index in [4.69, 9.17) is 5.26 Å². The van der Waals surface area contributed by atoms with Crippen LogP contribution >= 0.6 is 0 Å². The Hall–Kier alpha value is -1.86. The van der Waals surface area contributed by atoms with Gasteiger partial charge in [-0.2, -0.15) is 5.26 Å². The Morgan fingerprint density at radius 2 is 2.10 bits per heavy atom. The molecule has 1 aliphatic rings. The fourth-order valence-corrected chi connectivity index (χ4v) is 2.92. The molecule has 0 bridgehead atoms. The SMILES string of the molecule is CNC1(CC(=O)Nc2cccc(C#N)c2)CCCCC1. The Balaban J connectivity index is 1.99. The molecule has 0 aliphatic heterocycles. The van der Waals surface area contributed by atoms with E-state index < -0.39 is 0 Å². The third kappa shape index (κ3) is 3.58. The van der Waals surface area contributed by atoms with Crippen molar-refractivity contribution < 1.29 is 4.79 Å². The molecule has 0 unspecified atom stereocenters. The normalized spacial score (nSPS) is 17.2. The van der Waals surface area contributed by atoms with Gasteiger partial charge in [-0.15, -0.1) is 0 Å². The van der Waals surface area contributed by atoms with Crippen LogP contribution in [0.5, 0.6) is 0 Å². The predicted molar refractivity (Wildman–Crippen MR) is 79.3 cm³/mol. The van der Waals surface area contributed by atoms with Crippen molar-refractivity contribution in [1.82, 2.24) is 5.32 Å². The summed E-state index contributed by atoms with van der Waals surface area (Å²) in [6.45, 7) is 0. The van der Waals surface area contributed by atoms with E-state index in [-0.39, 0.29) is 11.4 Å². The number of benzene rings is 1. The van der Waals surface area contributed by atoms with Gasteiger partial charge in [-0.3, -0.25) is 4.79 Å². The van der Waals surface area contributed by atoms with E-state index in [9.17, 15) is 4.79 Å². The molecule has 20 heavy (non-hydrogen) atoms. The van der Waals surface area contributed by atoms with E-state index in [1.807, 2.05) is 13.1 Å². The zero-order chi connectivity index (χ0) is 14.4. The standard InChI is InChI=1S/C16H21N3O/c1-18-16(8-3-2-4-9-16)11-15(20)19-14-7-5-6-13(10-14)12-17/h5-7,10,18H,2-4,8-9,11H2,1H3,(H,19,20). The Kier molecular flexibility index (Phi) is 4.75. The molecule has 4 heteroatoms. The number of nitriles is 1. The molecule has 106 valence electrons. The number of nitrogens with zero attached hydrogens (tertiary/aromatic N) is 1. The van der Waals surface area contributed by atoms with Crippen molar-refractivity contribution in [2.75, 3.05) is 12.4 Å². The molecule has 1 saturated carbocycles. The molecule has 2 N–H and O–H groups in total. The van der Waals surface area contributed by atoms with Crippen molar-refractivity contribution in [2.24, 2.45) is 0 Å². The van der Waals surface area contributed by atoms with Gasteiger partial charge in [-0.05, 0) is 38.1 Å². The number of rotatable bonds is 4. The molecule has 0 atom stereocenters. The number of amides is 1. The summed E-state index contributed by atoms with van der Waals surface area (Å²) < 4.78 is 0. The first-order chi connectivity index (χ1) is 9.67. The highest BCUT2D eigenvalue weighted by Gasteiger charge is 2.32. The lowest BCUT2D eigenvalue weighted by atomic mass is 9.79. The van der Waals surface area contributed by atoms with Crippen molar-refractivity contribution in [1.29, 1.82) is 5.26 Å². The first kappa shape index (κ1) is 14.5. The highest BCUT2D eigenvalue weighted by atomic mass is 16.1. The smallest absolute Gasteiger partial charge is 0.226 e. The summed E-state index contributed by atoms with van der Waals surface area (Å²) in [5, 5.41) is 15.1. The van der Waals surface area contributed by atoms with E-state index in [1.54, 1.807) is 18.2 Å². The van der Waals surface area contributed by atoms with E-state index in [1.165, 1.54) is 19.3 Å². The monoisotopic (exact) mass is 271 g/mol. The van der Waals surface area contributed by atoms with Crippen LogP contribution in [0, 0.1) is 11.3 Å². The van der Waals surface area contributed by atoms with Crippen LogP contribution in [0.2, 0.25) is 0 Å². The molecule has 1 aromatic rings. The summed E-state index contributed by atoms with van der Waals surface area (Å²) in [5.41, 5.74) is 1.19. The van der Waals surface area contributed by atoms with Gasteiger partial charge < -0.3 is 10.6 Å². The van der Waals surface area contributed by atoms with Gasteiger partial charge >= 0.3 is 0 Å². The van der Waals surface area contributed by atoms with Crippen molar-refractivity contribution in [2.45, 2.75) is 44.1 Å². The predicted octanol–water partition coefficient (Wildman–Crippen LogP) is 2.81. The maximum atomic E-state index is 12.2. The van der Waals surface area contributed by atoms with Crippen LogP contribution in [0.4, 0.5) is 5.69 Å². The minimum Gasteiger partial charge on any atom is -0.326 e. The molecule has 1 aromatic carbocycles. The Morgan fingerprint density at radius 1 is 1.35 bits per heavy atom. The van der Waals surface area contributed by atoms with Crippen molar-refractivity contribution >= 4 is 11.6 Å². The largest absolute Gasteiger partial charge is 0.326 e. The summed E-state index contributed by atoms with van der Waals surface area (Å²) in [5.74, 6) is 0.0105. The van der Waals surface area contributed by atoms with Gasteiger partial charge in [0.1, 0.15) is 0 Å². The molecule has 1 aliphatic carbocycles. The molecule has 4 nitrogen and oxygen atoms in total. The summed E-state index contributed by atoms with van der Waals surface area (Å²) >= 11 is 0. The second kappa shape index (κ2) is 6.53. The summed E-state index contributed by atoms with van der Waals surface area (Å²) in [6, 6.07) is 9.10. The maximum absolute atomic E-state index is 12.2. The average Bonchev–Trinajstić information content (AvgIpc) is 2.48. The zero-order valence-corrected chi connectivity index (χ0v) is 11.9. The van der Waals surface area contributed by atoms with E-state index in [0.717, 1.165) is 12.8 Å². The van der Waals surface area contributed by atoms with Gasteiger partial charge in [0, 0.05) is 17.6 Å². The second-order valence-corrected chi connectivity index (χ2v) is 5.51. The number of hydrogen-bond donors (Lipinski definition) is 2. The molecule has 0 aromatic heterocycles. The van der Waals surface area contributed by atoms with Gasteiger partial charge in [0.05, 0.1) is 11.6 Å². The van der Waals surface area contributed by atoms with Crippen molar-refractivity contribution in [3.8, 4) is 6.07 Å². The lowest BCUT2D eigenvalue weighted by Gasteiger charge is -2.36. The lowest BCUT2D eigenvalue weighted by molar-refractivity contribution is -0.117. The number of anilines is 1. The number of hydrogen-bond acceptors (Lipinski definition) is 3. The average molecular weight is 271 g/mol. The van der Waals surface area contributed by atoms with E-state index in [2.05, 4.69) is 16.7 Å². The summed E-state index contributed by atoms with van der Waals surface area (Å²) in [7, 11) is 1.94. The Bertz CT molecular complexity index is 513. The van der Waals surface area contributed by atoms with E-state index in [0.29, 0.717) is 17.7 Å². The molecule has 0 radical (unpaired) electrons. The first-order valence-electron chi connectivity index (χ1n) is 7.16. The van der Waals surface area contributed by atoms with Gasteiger partial charge in [-0.1, -0.05) is 25.3 Å². The highest BCUT2D eigenvalue weighted by molar-refractivity contribution is 5.91. The molecular weight excluding hydrogens is 250 g/mol. The molecular formula is C16H21N3O. The molecule has 2 rings (SSSR count). The number of nitrogens with one attached hydrogen (secondary N) is 2. The summed E-state index contributed by atoms with van der Waals surface area (Å²) in [4.78, 5) is 12.2. The second-order valence-electron chi connectivity index (χ2n) is 5.51. The van der Waals surface area contributed by atoms with Gasteiger partial charge in [0.15, 0.2) is 0 Å². The van der Waals surface area contributed by atoms with Crippen molar-refractivity contribution in [3.05, 3.63) is 29.8 Å². The fourth-order valence-electron chi connectivity index (χ4n) is 2.92. The quantitative estimate of drug-likeness (QED) is 0.885. The number of carbonyl (C=O) groups excluding carboxylic acids is 1. The van der Waals surface area contributed by atoms with Crippen LogP contribution in [-0.4, -0.2) is 18.5 Å². The van der Waals surface area contributed by atoms with Crippen LogP contribution in [0.1, 0.15) is 44.1 Å². The minimum absolute atomic E-state index is 0.0105. The Labute approximate surface area is 120 Å². The molecule has 0 heterocycles. The van der Waals surface area contributed by atoms with E-state index >= 15 is 0 Å². The lowest BCUT2D eigenvalue weighted by Crippen LogP contribution is -2.47. The third-order valence-electron chi connectivity index (χ3n) is 4.12. The van der Waals surface area contributed by atoms with Crippen LogP contribution < -0.4 is 10.6 Å². The topological polar surface area (TPSA) is 64.9 Å². The van der Waals surface area contributed by atoms with Crippen LogP contribution in [0.3, 0.4) is 0 Å². The van der Waals surface area contributed by atoms with Crippen LogP contribution in [-0.2, 0) is 4.79 Å². The van der Waals surface area contributed by atoms with Crippen LogP contribution in [0.15, 0.2) is 24.3 Å². The molecule has 1 amide bonds. The fraction of sp³-hybridized carbons (Fsp3) is 0.500. The summed E-state index contributed by atoms with van der Waals surface area (Å²) in [6.07, 6.45) is 6.20. The molecule has 0 spiro atoms. The Morgan fingerprint density at radius 3 is 2.75 bits per heavy atom. The van der Waals surface area contributed by atoms with Crippen LogP contribution in [0.25, 0.3) is 0 Å². The minimum atomic E-state index is -0.0603. The van der Waals surface area contributed by atoms with Gasteiger partial charge in [0.2, 0.25) is 5.91 Å². The first-order valence-corrected chi connectivity index (χ1v) is 7.16. The third-order valence-corrected chi connectivity index (χ3v) is 4.12. The number of carbonyl (C=O) groups is 1. The van der Waals surface area contributed by atoms with Gasteiger partial charge in [0.25, 0.3) is 0 Å². The maximum Gasteiger partial charge on any atom is 0.226 e. The highest BCUT2D eigenvalue weighted by Crippen LogP contribution is 2.31. The zero-order valence-electron chi connectivity index (χ0n) is 11.9. The molecule has 0 saturated heterocycles. The van der Waals surface area contributed by atoms with Crippen molar-refractivity contribution in [3.63, 3.8) is 0 Å². The molecule has 1 fully saturated rings. The van der Waals surface area contributed by atoms with Gasteiger partial charge in [-0.25, -0.2) is 0 Å².